The van der Waals surface area contributed by atoms with Gasteiger partial charge in [0, 0.05) is 29.6 Å². The number of aromatic nitrogens is 5. The highest BCUT2D eigenvalue weighted by molar-refractivity contribution is 9.10. The summed E-state index contributed by atoms with van der Waals surface area (Å²) < 4.78 is 4.85. The Morgan fingerprint density at radius 1 is 1.47 bits per heavy atom. The summed E-state index contributed by atoms with van der Waals surface area (Å²) >= 11 is 3.39. The Labute approximate surface area is 118 Å². The zero-order valence-electron chi connectivity index (χ0n) is 10.4. The highest BCUT2D eigenvalue weighted by Crippen LogP contribution is 2.24. The number of fused-ring (bicyclic) bond motifs is 1. The van der Waals surface area contributed by atoms with Gasteiger partial charge in [0.15, 0.2) is 5.65 Å². The first-order valence-corrected chi connectivity index (χ1v) is 6.69. The molecule has 1 unspecified atom stereocenters. The lowest BCUT2D eigenvalue weighted by Gasteiger charge is -2.15. The third-order valence-corrected chi connectivity index (χ3v) is 3.43. The molecule has 0 fully saturated rings. The molecule has 3 heterocycles. The molecule has 0 aromatic carbocycles. The van der Waals surface area contributed by atoms with Crippen molar-refractivity contribution >= 4 is 33.0 Å². The normalized spacial score (nSPS) is 12.9. The topological polar surface area (TPSA) is 74.5 Å². The summed E-state index contributed by atoms with van der Waals surface area (Å²) in [6.45, 7) is 2.86. The summed E-state index contributed by atoms with van der Waals surface area (Å²) in [7, 11) is 0. The number of nitrogen functional groups attached to an aromatic ring is 1. The molecule has 3 rings (SSSR count). The number of anilines is 1. The van der Waals surface area contributed by atoms with Crippen LogP contribution in [0.2, 0.25) is 0 Å². The molecule has 0 aliphatic rings. The Hall–Kier alpha value is -1.89. The Morgan fingerprint density at radius 3 is 3.05 bits per heavy atom. The van der Waals surface area contributed by atoms with Crippen molar-refractivity contribution in [2.75, 3.05) is 5.73 Å². The van der Waals surface area contributed by atoms with Crippen LogP contribution in [0.5, 0.6) is 0 Å². The molecule has 0 saturated carbocycles. The maximum Gasteiger partial charge on any atom is 0.202 e. The van der Waals surface area contributed by atoms with Crippen molar-refractivity contribution in [3.63, 3.8) is 0 Å². The van der Waals surface area contributed by atoms with Gasteiger partial charge in [0.2, 0.25) is 5.95 Å². The highest BCUT2D eigenvalue weighted by Gasteiger charge is 2.15. The average Bonchev–Trinajstić information content (AvgIpc) is 2.95. The summed E-state index contributed by atoms with van der Waals surface area (Å²) in [5, 5.41) is 0. The monoisotopic (exact) mass is 320 g/mol. The van der Waals surface area contributed by atoms with Crippen LogP contribution in [0.1, 0.15) is 13.0 Å². The van der Waals surface area contributed by atoms with E-state index in [-0.39, 0.29) is 6.04 Å². The number of halogens is 1. The molecular weight excluding hydrogens is 308 g/mol. The molecule has 0 spiro atoms. The Morgan fingerprint density at radius 2 is 2.32 bits per heavy atom. The maximum atomic E-state index is 6.00. The fourth-order valence-corrected chi connectivity index (χ4v) is 2.51. The van der Waals surface area contributed by atoms with Crippen LogP contribution in [0, 0.1) is 0 Å². The van der Waals surface area contributed by atoms with E-state index in [9.17, 15) is 0 Å². The smallest absolute Gasteiger partial charge is 0.202 e. The summed E-state index contributed by atoms with van der Waals surface area (Å²) in [6, 6.07) is 2.06. The molecule has 0 saturated heterocycles. The van der Waals surface area contributed by atoms with Gasteiger partial charge in [-0.05, 0) is 28.9 Å². The zero-order chi connectivity index (χ0) is 13.4. The first-order valence-electron chi connectivity index (χ1n) is 5.90. The molecule has 0 aliphatic heterocycles. The van der Waals surface area contributed by atoms with E-state index < -0.39 is 0 Å². The summed E-state index contributed by atoms with van der Waals surface area (Å²) in [5.74, 6) is 0.480. The van der Waals surface area contributed by atoms with Gasteiger partial charge in [-0.25, -0.2) is 15.0 Å². The minimum absolute atomic E-state index is 0.146. The summed E-state index contributed by atoms with van der Waals surface area (Å²) in [6.07, 6.45) is 7.23. The van der Waals surface area contributed by atoms with Crippen molar-refractivity contribution in [2.45, 2.75) is 19.5 Å². The molecule has 2 N–H and O–H groups in total. The molecule has 0 aliphatic carbocycles. The lowest BCUT2D eigenvalue weighted by atomic mass is 10.3. The molecule has 6 nitrogen and oxygen atoms in total. The summed E-state index contributed by atoms with van der Waals surface area (Å²) in [5.41, 5.74) is 7.60. The van der Waals surface area contributed by atoms with Gasteiger partial charge in [-0.1, -0.05) is 0 Å². The molecule has 98 valence electrons. The third kappa shape index (κ3) is 2.21. The fourth-order valence-electron chi connectivity index (χ4n) is 2.19. The molecular formula is C12H13BrN6. The van der Waals surface area contributed by atoms with E-state index in [0.29, 0.717) is 5.95 Å². The van der Waals surface area contributed by atoms with Crippen LogP contribution in [0.15, 0.2) is 35.5 Å². The van der Waals surface area contributed by atoms with Crippen molar-refractivity contribution < 1.29 is 0 Å². The van der Waals surface area contributed by atoms with Gasteiger partial charge in [0.25, 0.3) is 0 Å². The first kappa shape index (κ1) is 12.2. The standard InChI is InChI=1S/C12H13BrN6/c1-8(6-18-3-2-15-7-18)19-11-10(17-12(19)14)4-9(13)5-16-11/h2-5,7-8H,6H2,1H3,(H2,14,17). The number of imidazole rings is 2. The van der Waals surface area contributed by atoms with Crippen LogP contribution < -0.4 is 5.73 Å². The van der Waals surface area contributed by atoms with Gasteiger partial charge in [-0.2, -0.15) is 0 Å². The molecule has 0 amide bonds. The predicted molar refractivity (Wildman–Crippen MR) is 76.6 cm³/mol. The number of nitrogens with two attached hydrogens (primary N) is 1. The van der Waals surface area contributed by atoms with E-state index in [1.165, 1.54) is 0 Å². The number of pyridine rings is 1. The second kappa shape index (κ2) is 4.65. The van der Waals surface area contributed by atoms with Crippen LogP contribution >= 0.6 is 15.9 Å². The number of nitrogens with zero attached hydrogens (tertiary/aromatic N) is 5. The molecule has 3 aromatic heterocycles. The zero-order valence-corrected chi connectivity index (χ0v) is 11.9. The fraction of sp³-hybridized carbons (Fsp3) is 0.250. The van der Waals surface area contributed by atoms with E-state index in [2.05, 4.69) is 37.8 Å². The molecule has 0 bridgehead atoms. The van der Waals surface area contributed by atoms with Crippen molar-refractivity contribution in [3.05, 3.63) is 35.5 Å². The van der Waals surface area contributed by atoms with Gasteiger partial charge in [-0.15, -0.1) is 0 Å². The Bertz CT molecular complexity index is 702. The van der Waals surface area contributed by atoms with Gasteiger partial charge in [-0.3, -0.25) is 4.57 Å². The van der Waals surface area contributed by atoms with Gasteiger partial charge in [0.1, 0.15) is 5.52 Å². The third-order valence-electron chi connectivity index (χ3n) is 3.00. The first-order chi connectivity index (χ1) is 9.15. The molecule has 19 heavy (non-hydrogen) atoms. The van der Waals surface area contributed by atoms with Crippen LogP contribution in [0.25, 0.3) is 11.2 Å². The van der Waals surface area contributed by atoms with E-state index in [1.807, 2.05) is 21.4 Å². The SMILES string of the molecule is CC(Cn1ccnc1)n1c(N)nc2cc(Br)cnc21. The minimum Gasteiger partial charge on any atom is -0.369 e. The van der Waals surface area contributed by atoms with E-state index in [1.54, 1.807) is 18.7 Å². The lowest BCUT2D eigenvalue weighted by molar-refractivity contribution is 0.477. The quantitative estimate of drug-likeness (QED) is 0.803. The Balaban J connectivity index is 2.01. The second-order valence-electron chi connectivity index (χ2n) is 4.44. The van der Waals surface area contributed by atoms with Crippen molar-refractivity contribution in [3.8, 4) is 0 Å². The van der Waals surface area contributed by atoms with Crippen molar-refractivity contribution in [1.29, 1.82) is 0 Å². The van der Waals surface area contributed by atoms with E-state index in [0.717, 1.165) is 22.2 Å². The maximum absolute atomic E-state index is 6.00. The molecule has 1 atom stereocenters. The van der Waals surface area contributed by atoms with Crippen LogP contribution in [0.3, 0.4) is 0 Å². The van der Waals surface area contributed by atoms with Gasteiger partial charge < -0.3 is 10.3 Å². The molecule has 7 heteroatoms. The summed E-state index contributed by atoms with van der Waals surface area (Å²) in [4.78, 5) is 12.8. The number of rotatable bonds is 3. The highest BCUT2D eigenvalue weighted by atomic mass is 79.9. The molecule has 0 radical (unpaired) electrons. The minimum atomic E-state index is 0.146. The number of hydrogen-bond donors (Lipinski definition) is 1. The average molecular weight is 321 g/mol. The Kier molecular flexibility index (Phi) is 2.98. The molecule has 3 aromatic rings. The van der Waals surface area contributed by atoms with Gasteiger partial charge >= 0.3 is 0 Å². The van der Waals surface area contributed by atoms with Crippen LogP contribution in [-0.2, 0) is 6.54 Å². The van der Waals surface area contributed by atoms with E-state index in [4.69, 9.17) is 5.73 Å². The van der Waals surface area contributed by atoms with Gasteiger partial charge in [0.05, 0.1) is 12.4 Å². The predicted octanol–water partition coefficient (Wildman–Crippen LogP) is 2.23. The van der Waals surface area contributed by atoms with E-state index >= 15 is 0 Å². The second-order valence-corrected chi connectivity index (χ2v) is 5.36. The lowest BCUT2D eigenvalue weighted by Crippen LogP contribution is -2.14. The van der Waals surface area contributed by atoms with Crippen molar-refractivity contribution in [1.82, 2.24) is 24.1 Å². The largest absolute Gasteiger partial charge is 0.369 e. The van der Waals surface area contributed by atoms with Crippen LogP contribution in [0.4, 0.5) is 5.95 Å². The number of hydrogen-bond acceptors (Lipinski definition) is 4. The van der Waals surface area contributed by atoms with Crippen LogP contribution in [-0.4, -0.2) is 24.1 Å². The van der Waals surface area contributed by atoms with Crippen molar-refractivity contribution in [2.24, 2.45) is 0 Å².